The zero-order chi connectivity index (χ0) is 21.3. The minimum Gasteiger partial charge on any atom is -0.478 e. The first-order valence-corrected chi connectivity index (χ1v) is 9.78. The number of rotatable bonds is 7. The van der Waals surface area contributed by atoms with Crippen molar-refractivity contribution in [2.45, 2.75) is 24.4 Å². The average molecular weight is 442 g/mol. The van der Waals surface area contributed by atoms with Crippen LogP contribution in [-0.2, 0) is 24.0 Å². The molecule has 0 radical (unpaired) electrons. The summed E-state index contributed by atoms with van der Waals surface area (Å²) < 4.78 is 3.85. The van der Waals surface area contributed by atoms with E-state index >= 15 is 0 Å². The Morgan fingerprint density at radius 1 is 1.45 bits per heavy atom. The highest BCUT2D eigenvalue weighted by Crippen LogP contribution is 2.37. The van der Waals surface area contributed by atoms with E-state index in [0.29, 0.717) is 5.75 Å². The van der Waals surface area contributed by atoms with E-state index in [1.54, 1.807) is 0 Å². The van der Waals surface area contributed by atoms with Crippen molar-refractivity contribution in [3.63, 3.8) is 0 Å². The Balaban J connectivity index is 1.78. The number of amides is 2. The Labute approximate surface area is 170 Å². The van der Waals surface area contributed by atoms with Gasteiger partial charge in [0.05, 0.1) is 0 Å². The van der Waals surface area contributed by atoms with Crippen molar-refractivity contribution in [2.24, 2.45) is 5.16 Å². The number of nitrogens with zero attached hydrogens (tertiary/aromatic N) is 4. The first-order chi connectivity index (χ1) is 13.7. The standard InChI is InChI=1S/C14H14N6O7S2/c1-4(12(23)24)27-18-6(8-17-14(15)29-19-8)9(21)16-7-10(22)20-5(13(25)26)2-3-28-11(7)20/h2,4,7,11H,3H2,1H3,(H,16,21)(H,23,24)(H,25,26)(H2,15,17,19)/t4?,7?,11-/m1/s1. The smallest absolute Gasteiger partial charge is 0.352 e. The number of hydrogen-bond acceptors (Lipinski definition) is 11. The topological polar surface area (TPSA) is 197 Å². The molecule has 1 aromatic rings. The number of thioether (sulfide) groups is 1. The maximum atomic E-state index is 12.7. The molecule has 15 heteroatoms. The lowest BCUT2D eigenvalue weighted by molar-refractivity contribution is -0.150. The molecule has 3 atom stereocenters. The molecule has 0 aromatic carbocycles. The molecule has 0 aliphatic carbocycles. The molecule has 1 fully saturated rings. The van der Waals surface area contributed by atoms with Crippen LogP contribution in [0, 0.1) is 0 Å². The van der Waals surface area contributed by atoms with Gasteiger partial charge in [-0.1, -0.05) is 5.16 Å². The van der Waals surface area contributed by atoms with Crippen molar-refractivity contribution in [3.05, 3.63) is 17.6 Å². The number of hydrogen-bond donors (Lipinski definition) is 4. The molecule has 3 rings (SSSR count). The van der Waals surface area contributed by atoms with Gasteiger partial charge in [0.1, 0.15) is 17.1 Å². The second-order valence-corrected chi connectivity index (χ2v) is 7.69. The largest absolute Gasteiger partial charge is 0.478 e. The third-order valence-electron chi connectivity index (χ3n) is 3.87. The highest BCUT2D eigenvalue weighted by atomic mass is 32.2. The van der Waals surface area contributed by atoms with Crippen LogP contribution >= 0.6 is 23.3 Å². The van der Waals surface area contributed by atoms with E-state index in [9.17, 15) is 24.3 Å². The monoisotopic (exact) mass is 442 g/mol. The molecule has 1 saturated heterocycles. The first-order valence-electron chi connectivity index (χ1n) is 7.96. The number of anilines is 1. The van der Waals surface area contributed by atoms with Gasteiger partial charge >= 0.3 is 11.9 Å². The Morgan fingerprint density at radius 3 is 2.76 bits per heavy atom. The molecule has 0 bridgehead atoms. The van der Waals surface area contributed by atoms with Crippen molar-refractivity contribution in [1.82, 2.24) is 19.6 Å². The number of carboxylic acids is 2. The zero-order valence-corrected chi connectivity index (χ0v) is 16.3. The minimum atomic E-state index is -1.35. The van der Waals surface area contributed by atoms with E-state index < -0.39 is 47.0 Å². The molecule has 2 amide bonds. The summed E-state index contributed by atoms with van der Waals surface area (Å²) in [6.07, 6.45) is 0.0573. The van der Waals surface area contributed by atoms with Crippen LogP contribution in [0.15, 0.2) is 16.9 Å². The molecule has 3 heterocycles. The van der Waals surface area contributed by atoms with Crippen LogP contribution in [0.5, 0.6) is 0 Å². The van der Waals surface area contributed by atoms with Crippen LogP contribution < -0.4 is 11.1 Å². The Kier molecular flexibility index (Phi) is 5.69. The molecular weight excluding hydrogens is 428 g/mol. The number of fused-ring (bicyclic) bond motifs is 1. The molecule has 2 aliphatic rings. The van der Waals surface area contributed by atoms with Crippen LogP contribution in [0.3, 0.4) is 0 Å². The number of nitrogens with one attached hydrogen (secondary N) is 1. The van der Waals surface area contributed by atoms with Gasteiger partial charge in [-0.05, 0) is 13.0 Å². The van der Waals surface area contributed by atoms with Crippen molar-refractivity contribution in [2.75, 3.05) is 11.5 Å². The van der Waals surface area contributed by atoms with E-state index in [2.05, 4.69) is 19.8 Å². The minimum absolute atomic E-state index is 0.0387. The van der Waals surface area contributed by atoms with Gasteiger partial charge < -0.3 is 26.1 Å². The predicted octanol–water partition coefficient (Wildman–Crippen LogP) is -1.32. The van der Waals surface area contributed by atoms with Crippen molar-refractivity contribution in [3.8, 4) is 0 Å². The summed E-state index contributed by atoms with van der Waals surface area (Å²) in [6, 6.07) is -1.01. The third-order valence-corrected chi connectivity index (χ3v) is 5.60. The maximum absolute atomic E-state index is 12.7. The van der Waals surface area contributed by atoms with Gasteiger partial charge in [0.25, 0.3) is 11.8 Å². The van der Waals surface area contributed by atoms with Crippen molar-refractivity contribution < 1.29 is 34.2 Å². The van der Waals surface area contributed by atoms with E-state index in [1.807, 2.05) is 0 Å². The normalized spacial score (nSPS) is 22.1. The lowest BCUT2D eigenvalue weighted by Gasteiger charge is -2.48. The summed E-state index contributed by atoms with van der Waals surface area (Å²) in [7, 11) is 0. The predicted molar refractivity (Wildman–Crippen MR) is 99.8 cm³/mol. The molecule has 13 nitrogen and oxygen atoms in total. The lowest BCUT2D eigenvalue weighted by atomic mass is 10.0. The van der Waals surface area contributed by atoms with Crippen LogP contribution in [0.4, 0.5) is 5.13 Å². The molecule has 29 heavy (non-hydrogen) atoms. The average Bonchev–Trinajstić information content (AvgIpc) is 3.10. The number of aromatic nitrogens is 2. The SMILES string of the molecule is CC(ON=C(C(=O)NC1C(=O)N2C(C(=O)O)=CCS[C@H]12)c1nsc(N)n1)C(=O)O. The summed E-state index contributed by atoms with van der Waals surface area (Å²) in [4.78, 5) is 56.9. The number of β-lactam (4-membered cyclic amide) rings is 1. The summed E-state index contributed by atoms with van der Waals surface area (Å²) >= 11 is 2.06. The van der Waals surface area contributed by atoms with Crippen LogP contribution in [-0.4, -0.2) is 77.2 Å². The van der Waals surface area contributed by atoms with Gasteiger partial charge in [0.15, 0.2) is 5.13 Å². The second kappa shape index (κ2) is 8.04. The van der Waals surface area contributed by atoms with E-state index in [0.717, 1.165) is 16.4 Å². The van der Waals surface area contributed by atoms with Gasteiger partial charge in [-0.3, -0.25) is 14.5 Å². The Morgan fingerprint density at radius 2 is 2.17 bits per heavy atom. The van der Waals surface area contributed by atoms with Crippen molar-refractivity contribution in [1.29, 1.82) is 0 Å². The summed E-state index contributed by atoms with van der Waals surface area (Å²) in [5, 5.41) is 23.5. The molecule has 0 spiro atoms. The summed E-state index contributed by atoms with van der Waals surface area (Å²) in [5.41, 5.74) is 4.90. The van der Waals surface area contributed by atoms with Gasteiger partial charge in [-0.25, -0.2) is 9.59 Å². The number of nitrogens with two attached hydrogens (primary N) is 1. The second-order valence-electron chi connectivity index (χ2n) is 5.76. The molecule has 0 saturated carbocycles. The highest BCUT2D eigenvalue weighted by molar-refractivity contribution is 8.00. The number of aliphatic carboxylic acids is 2. The summed E-state index contributed by atoms with van der Waals surface area (Å²) in [6.45, 7) is 1.20. The third kappa shape index (κ3) is 4.00. The molecule has 2 unspecified atom stereocenters. The van der Waals surface area contributed by atoms with E-state index in [1.165, 1.54) is 24.8 Å². The van der Waals surface area contributed by atoms with Crippen molar-refractivity contribution >= 4 is 57.9 Å². The van der Waals surface area contributed by atoms with Gasteiger partial charge in [-0.2, -0.15) is 9.36 Å². The number of carbonyl (C=O) groups is 4. The van der Waals surface area contributed by atoms with Gasteiger partial charge in [0.2, 0.25) is 17.6 Å². The zero-order valence-electron chi connectivity index (χ0n) is 14.6. The van der Waals surface area contributed by atoms with Crippen LogP contribution in [0.2, 0.25) is 0 Å². The number of carboxylic acid groups (broad SMARTS) is 2. The molecular formula is C14H14N6O7S2. The number of oxime groups is 1. The first kappa shape index (κ1) is 20.5. The molecule has 154 valence electrons. The molecule has 2 aliphatic heterocycles. The van der Waals surface area contributed by atoms with E-state index in [4.69, 9.17) is 15.7 Å². The van der Waals surface area contributed by atoms with Crippen LogP contribution in [0.1, 0.15) is 12.7 Å². The van der Waals surface area contributed by atoms with Crippen LogP contribution in [0.25, 0.3) is 0 Å². The maximum Gasteiger partial charge on any atom is 0.352 e. The quantitative estimate of drug-likeness (QED) is 0.222. The number of nitrogen functional groups attached to an aromatic ring is 1. The van der Waals surface area contributed by atoms with Gasteiger partial charge in [0, 0.05) is 17.3 Å². The fourth-order valence-corrected chi connectivity index (χ4v) is 4.07. The fraction of sp³-hybridized carbons (Fsp3) is 0.357. The van der Waals surface area contributed by atoms with E-state index in [-0.39, 0.29) is 16.7 Å². The Bertz CT molecular complexity index is 945. The number of carbonyl (C=O) groups excluding carboxylic acids is 2. The summed E-state index contributed by atoms with van der Waals surface area (Å²) in [5.74, 6) is -3.90. The molecule has 5 N–H and O–H groups in total. The highest BCUT2D eigenvalue weighted by Gasteiger charge is 2.53. The fourth-order valence-electron chi connectivity index (χ4n) is 2.44. The molecule has 1 aromatic heterocycles. The lowest BCUT2D eigenvalue weighted by Crippen LogP contribution is -2.70. The van der Waals surface area contributed by atoms with Gasteiger partial charge in [-0.15, -0.1) is 11.8 Å². The Hall–Kier alpha value is -3.20.